The van der Waals surface area contributed by atoms with Crippen LogP contribution in [0.25, 0.3) is 16.9 Å². The summed E-state index contributed by atoms with van der Waals surface area (Å²) in [6.07, 6.45) is 13.0. The first-order chi connectivity index (χ1) is 21.5. The maximum Gasteiger partial charge on any atom is 0.316 e. The van der Waals surface area contributed by atoms with Crippen molar-refractivity contribution >= 4 is 17.9 Å². The molecule has 0 radical (unpaired) electrons. The number of anilines is 1. The van der Waals surface area contributed by atoms with Crippen molar-refractivity contribution in [2.24, 2.45) is 4.99 Å². The van der Waals surface area contributed by atoms with Crippen LogP contribution in [-0.4, -0.2) is 91.4 Å². The minimum atomic E-state index is 0.345. The number of nitrogens with zero attached hydrogens (tertiary/aromatic N) is 6. The molecule has 0 spiro atoms. The average molecular weight is 600 g/mol. The fourth-order valence-corrected chi connectivity index (χ4v) is 4.21. The predicted molar refractivity (Wildman–Crippen MR) is 175 cm³/mol. The van der Waals surface area contributed by atoms with Gasteiger partial charge in [0.25, 0.3) is 0 Å². The topological polar surface area (TPSA) is 116 Å². The predicted octanol–water partition coefficient (Wildman–Crippen LogP) is 4.57. The summed E-state index contributed by atoms with van der Waals surface area (Å²) in [4.78, 5) is 24.3. The number of methoxy groups -OCH3 is 3. The van der Waals surface area contributed by atoms with Crippen LogP contribution >= 0.6 is 0 Å². The van der Waals surface area contributed by atoms with E-state index in [9.17, 15) is 4.79 Å². The quantitative estimate of drug-likeness (QED) is 0.218. The standard InChI is InChI=1S/C16H17N5O.C8H14N2O2.C7H8O.C2H2/c1-11-14(12-9-18-16(22-3)19-10-12)20-21(15(11)17-2)13-7-5-4-6-8-13;1-12-5-4-10-3-2-8(6-10)9-7-11;1-8-7-5-3-2-4-6-7;1-2/h4-10,17H,1-3H3;7H,2-6H2,1H3;2-6H,1H3;1-2H. The molecule has 232 valence electrons. The highest BCUT2D eigenvalue weighted by Gasteiger charge is 2.17. The smallest absolute Gasteiger partial charge is 0.316 e. The molecule has 11 nitrogen and oxygen atoms in total. The van der Waals surface area contributed by atoms with E-state index in [4.69, 9.17) is 19.3 Å². The molecule has 0 bridgehead atoms. The van der Waals surface area contributed by atoms with Gasteiger partial charge < -0.3 is 19.5 Å². The van der Waals surface area contributed by atoms with Gasteiger partial charge in [0, 0.05) is 63.0 Å². The third-order valence-corrected chi connectivity index (χ3v) is 6.39. The summed E-state index contributed by atoms with van der Waals surface area (Å²) in [5.41, 5.74) is 4.72. The second-order valence-corrected chi connectivity index (χ2v) is 9.11. The SMILES string of the molecule is C#C.CNc1c(C)c(-c2cnc(OC)nc2)nn1-c1ccccc1.COCCN1CCC(=NC=O)C1.COc1ccccc1. The van der Waals surface area contributed by atoms with Crippen LogP contribution in [0.4, 0.5) is 5.82 Å². The highest BCUT2D eigenvalue weighted by molar-refractivity contribution is 5.92. The highest BCUT2D eigenvalue weighted by Crippen LogP contribution is 2.29. The number of ether oxygens (including phenoxy) is 3. The molecule has 1 aliphatic heterocycles. The van der Waals surface area contributed by atoms with Gasteiger partial charge in [-0.15, -0.1) is 12.8 Å². The van der Waals surface area contributed by atoms with Gasteiger partial charge in [-0.05, 0) is 37.6 Å². The molecule has 1 fully saturated rings. The molecule has 1 N–H and O–H groups in total. The summed E-state index contributed by atoms with van der Waals surface area (Å²) in [6.45, 7) is 5.51. The number of carbonyl (C=O) groups is 1. The molecule has 0 unspecified atom stereocenters. The van der Waals surface area contributed by atoms with Crippen LogP contribution < -0.4 is 14.8 Å². The Balaban J connectivity index is 0.000000257. The molecular weight excluding hydrogens is 558 g/mol. The molecule has 3 heterocycles. The average Bonchev–Trinajstić information content (AvgIpc) is 3.69. The molecule has 0 atom stereocenters. The molecule has 44 heavy (non-hydrogen) atoms. The van der Waals surface area contributed by atoms with E-state index in [1.54, 1.807) is 33.7 Å². The minimum absolute atomic E-state index is 0.345. The number of nitrogens with one attached hydrogen (secondary N) is 1. The summed E-state index contributed by atoms with van der Waals surface area (Å²) >= 11 is 0. The molecule has 1 saturated heterocycles. The lowest BCUT2D eigenvalue weighted by Gasteiger charge is -2.11. The Morgan fingerprint density at radius 2 is 1.61 bits per heavy atom. The van der Waals surface area contributed by atoms with Crippen molar-refractivity contribution in [2.75, 3.05) is 59.9 Å². The lowest BCUT2D eigenvalue weighted by Crippen LogP contribution is -2.24. The molecule has 0 saturated carbocycles. The molecule has 1 amide bonds. The van der Waals surface area contributed by atoms with Gasteiger partial charge in [-0.1, -0.05) is 36.4 Å². The zero-order valence-corrected chi connectivity index (χ0v) is 26.0. The second-order valence-electron chi connectivity index (χ2n) is 9.11. The van der Waals surface area contributed by atoms with Gasteiger partial charge in [0.05, 0.1) is 26.5 Å². The monoisotopic (exact) mass is 599 g/mol. The fourth-order valence-electron chi connectivity index (χ4n) is 4.21. The summed E-state index contributed by atoms with van der Waals surface area (Å²) < 4.78 is 16.7. The highest BCUT2D eigenvalue weighted by atomic mass is 16.5. The number of para-hydroxylation sites is 2. The van der Waals surface area contributed by atoms with Crippen LogP contribution in [0.3, 0.4) is 0 Å². The van der Waals surface area contributed by atoms with Crippen LogP contribution in [0.5, 0.6) is 11.8 Å². The van der Waals surface area contributed by atoms with Gasteiger partial charge in [-0.25, -0.2) is 19.6 Å². The molecular formula is C33H41N7O4. The Hall–Kier alpha value is -5.05. The first-order valence-electron chi connectivity index (χ1n) is 13.9. The number of carbonyl (C=O) groups excluding carboxylic acids is 1. The molecule has 5 rings (SSSR count). The van der Waals surface area contributed by atoms with Crippen molar-refractivity contribution < 1.29 is 19.0 Å². The maximum absolute atomic E-state index is 10.1. The Kier molecular flexibility index (Phi) is 15.9. The van der Waals surface area contributed by atoms with E-state index < -0.39 is 0 Å². The molecule has 0 aliphatic carbocycles. The van der Waals surface area contributed by atoms with Gasteiger partial charge >= 0.3 is 6.01 Å². The zero-order chi connectivity index (χ0) is 32.2. The van der Waals surface area contributed by atoms with Gasteiger partial charge in [0.1, 0.15) is 17.3 Å². The zero-order valence-electron chi connectivity index (χ0n) is 26.0. The van der Waals surface area contributed by atoms with Gasteiger partial charge in [-0.3, -0.25) is 9.69 Å². The number of hydrogen-bond donors (Lipinski definition) is 1. The summed E-state index contributed by atoms with van der Waals surface area (Å²) in [5.74, 6) is 1.85. The van der Waals surface area contributed by atoms with E-state index in [0.29, 0.717) is 12.4 Å². The number of terminal acetylenes is 1. The number of hydrogen-bond acceptors (Lipinski definition) is 9. The van der Waals surface area contributed by atoms with Crippen molar-refractivity contribution in [1.82, 2.24) is 24.6 Å². The summed E-state index contributed by atoms with van der Waals surface area (Å²) in [7, 11) is 6.78. The summed E-state index contributed by atoms with van der Waals surface area (Å²) in [5, 5.41) is 7.92. The van der Waals surface area contributed by atoms with Crippen molar-refractivity contribution in [3.8, 4) is 41.6 Å². The number of likely N-dealkylation sites (tertiary alicyclic amines) is 1. The largest absolute Gasteiger partial charge is 0.497 e. The molecule has 2 aromatic heterocycles. The van der Waals surface area contributed by atoms with E-state index in [1.807, 2.05) is 79.3 Å². The Morgan fingerprint density at radius 3 is 2.14 bits per heavy atom. The van der Waals surface area contributed by atoms with E-state index in [1.165, 1.54) is 0 Å². The fraction of sp³-hybridized carbons (Fsp3) is 0.303. The maximum atomic E-state index is 10.1. The Labute approximate surface area is 259 Å². The number of aliphatic imine (C=N–C) groups is 1. The van der Waals surface area contributed by atoms with E-state index in [0.717, 1.165) is 72.4 Å². The van der Waals surface area contributed by atoms with E-state index in [2.05, 4.69) is 38.0 Å². The Morgan fingerprint density at radius 1 is 0.977 bits per heavy atom. The lowest BCUT2D eigenvalue weighted by molar-refractivity contribution is -0.106. The van der Waals surface area contributed by atoms with Gasteiger partial charge in [-0.2, -0.15) is 5.10 Å². The first-order valence-corrected chi connectivity index (χ1v) is 13.9. The Bertz CT molecular complexity index is 1420. The van der Waals surface area contributed by atoms with Crippen LogP contribution in [0.15, 0.2) is 78.0 Å². The second kappa shape index (κ2) is 20.0. The lowest BCUT2D eigenvalue weighted by atomic mass is 10.1. The molecule has 2 aromatic carbocycles. The number of amides is 1. The van der Waals surface area contributed by atoms with Crippen molar-refractivity contribution in [2.45, 2.75) is 13.3 Å². The number of rotatable bonds is 9. The van der Waals surface area contributed by atoms with E-state index >= 15 is 0 Å². The van der Waals surface area contributed by atoms with Crippen LogP contribution in [-0.2, 0) is 9.53 Å². The first kappa shape index (κ1) is 35.1. The van der Waals surface area contributed by atoms with Gasteiger partial charge in [0.2, 0.25) is 6.41 Å². The molecule has 4 aromatic rings. The van der Waals surface area contributed by atoms with Crippen LogP contribution in [0.2, 0.25) is 0 Å². The third-order valence-electron chi connectivity index (χ3n) is 6.39. The van der Waals surface area contributed by atoms with Crippen molar-refractivity contribution in [1.29, 1.82) is 0 Å². The minimum Gasteiger partial charge on any atom is -0.497 e. The van der Waals surface area contributed by atoms with Crippen molar-refractivity contribution in [3.05, 3.63) is 78.6 Å². The summed E-state index contributed by atoms with van der Waals surface area (Å²) in [6, 6.07) is 20.0. The van der Waals surface area contributed by atoms with Crippen LogP contribution in [0.1, 0.15) is 12.0 Å². The third kappa shape index (κ3) is 10.7. The normalized spacial score (nSPS) is 12.8. The molecule has 1 aliphatic rings. The number of benzene rings is 2. The van der Waals surface area contributed by atoms with E-state index in [-0.39, 0.29) is 0 Å². The molecule has 11 heteroatoms. The van der Waals surface area contributed by atoms with Crippen LogP contribution in [0, 0.1) is 19.8 Å². The van der Waals surface area contributed by atoms with Crippen molar-refractivity contribution in [3.63, 3.8) is 0 Å². The number of aromatic nitrogens is 4. The van der Waals surface area contributed by atoms with Gasteiger partial charge in [0.15, 0.2) is 0 Å².